The van der Waals surface area contributed by atoms with Crippen LogP contribution >= 0.6 is 0 Å². The van der Waals surface area contributed by atoms with Crippen molar-refractivity contribution < 1.29 is 0 Å². The van der Waals surface area contributed by atoms with Gasteiger partial charge < -0.3 is 5.73 Å². The van der Waals surface area contributed by atoms with Crippen LogP contribution in [-0.4, -0.2) is 6.54 Å². The average Bonchev–Trinajstić information content (AvgIpc) is 2.21. The van der Waals surface area contributed by atoms with Gasteiger partial charge in [0.2, 0.25) is 0 Å². The van der Waals surface area contributed by atoms with E-state index in [1.807, 2.05) is 0 Å². The third kappa shape index (κ3) is 1.98. The van der Waals surface area contributed by atoms with Crippen LogP contribution in [0.5, 0.6) is 0 Å². The lowest BCUT2D eigenvalue weighted by Gasteiger charge is -2.52. The van der Waals surface area contributed by atoms with Crippen LogP contribution in [0.25, 0.3) is 0 Å². The molecule has 1 heteroatoms. The molecule has 0 spiro atoms. The quantitative estimate of drug-likeness (QED) is 0.683. The molecule has 3 saturated carbocycles. The molecule has 0 atom stereocenters. The summed E-state index contributed by atoms with van der Waals surface area (Å²) in [5.74, 6) is 0. The minimum absolute atomic E-state index is 0.732. The first-order valence-electron chi connectivity index (χ1n) is 6.38. The monoisotopic (exact) mass is 195 g/mol. The van der Waals surface area contributed by atoms with E-state index >= 15 is 0 Å². The molecule has 1 nitrogen and oxygen atoms in total. The molecule has 2 bridgehead atoms. The van der Waals surface area contributed by atoms with Gasteiger partial charge in [-0.15, -0.1) is 0 Å². The van der Waals surface area contributed by atoms with Gasteiger partial charge in [0.25, 0.3) is 0 Å². The number of nitrogens with two attached hydrogens (primary N) is 1. The number of hydrogen-bond acceptors (Lipinski definition) is 1. The molecule has 3 aliphatic carbocycles. The van der Waals surface area contributed by atoms with Gasteiger partial charge in [0, 0.05) is 0 Å². The first-order valence-corrected chi connectivity index (χ1v) is 6.38. The molecule has 0 aromatic carbocycles. The molecule has 3 rings (SSSR count). The lowest BCUT2D eigenvalue weighted by molar-refractivity contribution is -0.00393. The highest BCUT2D eigenvalue weighted by atomic mass is 14.5. The summed E-state index contributed by atoms with van der Waals surface area (Å²) in [5.41, 5.74) is 7.05. The average molecular weight is 195 g/mol. The Morgan fingerprint density at radius 2 is 1.50 bits per heavy atom. The van der Waals surface area contributed by atoms with Crippen molar-refractivity contribution in [1.29, 1.82) is 0 Å². The molecule has 0 aromatic rings. The zero-order chi connectivity index (χ0) is 10.1. The van der Waals surface area contributed by atoms with Crippen molar-refractivity contribution in [3.05, 3.63) is 0 Å². The predicted octanol–water partition coefficient (Wildman–Crippen LogP) is 3.48. The Labute approximate surface area is 88.4 Å². The second-order valence-corrected chi connectivity index (χ2v) is 6.06. The standard InChI is InChI=1S/C13H25N/c1-12-5-8-13(9-6-12,10-7-12)4-2-3-11-14/h2-11,14H2,1H3. The maximum absolute atomic E-state index is 5.56. The van der Waals surface area contributed by atoms with Gasteiger partial charge in [0.05, 0.1) is 0 Å². The molecule has 0 saturated heterocycles. The van der Waals surface area contributed by atoms with Crippen LogP contribution in [0.15, 0.2) is 0 Å². The van der Waals surface area contributed by atoms with Crippen molar-refractivity contribution in [2.75, 3.05) is 6.54 Å². The van der Waals surface area contributed by atoms with Crippen LogP contribution in [0, 0.1) is 10.8 Å². The minimum atomic E-state index is 0.732. The molecule has 0 radical (unpaired) electrons. The summed E-state index contributed by atoms with van der Waals surface area (Å²) >= 11 is 0. The molecule has 0 aromatic heterocycles. The van der Waals surface area contributed by atoms with E-state index in [0.29, 0.717) is 0 Å². The van der Waals surface area contributed by atoms with Gasteiger partial charge in [-0.25, -0.2) is 0 Å². The Morgan fingerprint density at radius 1 is 0.929 bits per heavy atom. The second-order valence-electron chi connectivity index (χ2n) is 6.06. The Kier molecular flexibility index (Phi) is 2.88. The number of rotatable bonds is 4. The maximum atomic E-state index is 5.56. The van der Waals surface area contributed by atoms with E-state index < -0.39 is 0 Å². The van der Waals surface area contributed by atoms with Gasteiger partial charge in [-0.3, -0.25) is 0 Å². The van der Waals surface area contributed by atoms with Crippen LogP contribution in [0.4, 0.5) is 0 Å². The van der Waals surface area contributed by atoms with Crippen molar-refractivity contribution in [2.24, 2.45) is 16.6 Å². The molecule has 3 fully saturated rings. The van der Waals surface area contributed by atoms with E-state index in [2.05, 4.69) is 6.92 Å². The van der Waals surface area contributed by atoms with Gasteiger partial charge in [-0.2, -0.15) is 0 Å². The van der Waals surface area contributed by atoms with E-state index in [9.17, 15) is 0 Å². The Bertz CT molecular complexity index is 173. The summed E-state index contributed by atoms with van der Waals surface area (Å²) in [6, 6.07) is 0. The summed E-state index contributed by atoms with van der Waals surface area (Å²) in [6.45, 7) is 3.38. The third-order valence-corrected chi connectivity index (χ3v) is 4.94. The second kappa shape index (κ2) is 3.84. The zero-order valence-corrected chi connectivity index (χ0v) is 9.65. The fourth-order valence-electron chi connectivity index (χ4n) is 3.47. The van der Waals surface area contributed by atoms with Gasteiger partial charge in [-0.1, -0.05) is 13.3 Å². The van der Waals surface area contributed by atoms with Crippen molar-refractivity contribution in [1.82, 2.24) is 0 Å². The van der Waals surface area contributed by atoms with Crippen LogP contribution in [-0.2, 0) is 0 Å². The van der Waals surface area contributed by atoms with Gasteiger partial charge in [-0.05, 0) is 68.7 Å². The van der Waals surface area contributed by atoms with Gasteiger partial charge in [0.15, 0.2) is 0 Å². The normalized spacial score (nSPS) is 41.6. The fraction of sp³-hybridized carbons (Fsp3) is 1.00. The topological polar surface area (TPSA) is 26.0 Å². The fourth-order valence-corrected chi connectivity index (χ4v) is 3.47. The van der Waals surface area contributed by atoms with Crippen molar-refractivity contribution in [3.63, 3.8) is 0 Å². The van der Waals surface area contributed by atoms with Crippen LogP contribution in [0.2, 0.25) is 0 Å². The maximum Gasteiger partial charge on any atom is -0.00773 e. The first-order chi connectivity index (χ1) is 6.68. The summed E-state index contributed by atoms with van der Waals surface area (Å²) < 4.78 is 0. The Balaban J connectivity index is 1.85. The van der Waals surface area contributed by atoms with Gasteiger partial charge >= 0.3 is 0 Å². The SMILES string of the molecule is CC12CCC(CCCCN)(CC1)CC2. The van der Waals surface area contributed by atoms with Crippen molar-refractivity contribution >= 4 is 0 Å². The smallest absolute Gasteiger partial charge is 0.00773 e. The molecule has 14 heavy (non-hydrogen) atoms. The summed E-state index contributed by atoms with van der Waals surface area (Å²) in [4.78, 5) is 0. The van der Waals surface area contributed by atoms with Crippen LogP contribution < -0.4 is 5.73 Å². The third-order valence-electron chi connectivity index (χ3n) is 4.94. The van der Waals surface area contributed by atoms with E-state index in [4.69, 9.17) is 5.73 Å². The van der Waals surface area contributed by atoms with E-state index in [1.165, 1.54) is 57.8 Å². The lowest BCUT2D eigenvalue weighted by atomic mass is 9.53. The molecule has 0 heterocycles. The van der Waals surface area contributed by atoms with Gasteiger partial charge in [0.1, 0.15) is 0 Å². The van der Waals surface area contributed by atoms with E-state index in [1.54, 1.807) is 0 Å². The minimum Gasteiger partial charge on any atom is -0.330 e. The molecule has 2 N–H and O–H groups in total. The number of hydrogen-bond donors (Lipinski definition) is 1. The van der Waals surface area contributed by atoms with E-state index in [-0.39, 0.29) is 0 Å². The highest BCUT2D eigenvalue weighted by molar-refractivity contribution is 4.97. The lowest BCUT2D eigenvalue weighted by Crippen LogP contribution is -2.39. The molecule has 0 aliphatic heterocycles. The molecule has 3 aliphatic rings. The Morgan fingerprint density at radius 3 is 2.00 bits per heavy atom. The van der Waals surface area contributed by atoms with Crippen LogP contribution in [0.3, 0.4) is 0 Å². The zero-order valence-electron chi connectivity index (χ0n) is 9.65. The highest BCUT2D eigenvalue weighted by Crippen LogP contribution is 2.58. The Hall–Kier alpha value is -0.0400. The number of fused-ring (bicyclic) bond motifs is 3. The van der Waals surface area contributed by atoms with Crippen LogP contribution in [0.1, 0.15) is 64.7 Å². The highest BCUT2D eigenvalue weighted by Gasteiger charge is 2.45. The molecule has 82 valence electrons. The van der Waals surface area contributed by atoms with Crippen molar-refractivity contribution in [2.45, 2.75) is 64.7 Å². The summed E-state index contributed by atoms with van der Waals surface area (Å²) in [5, 5.41) is 0. The molecular formula is C13H25N. The first kappa shape index (κ1) is 10.5. The van der Waals surface area contributed by atoms with E-state index in [0.717, 1.165) is 17.4 Å². The largest absolute Gasteiger partial charge is 0.330 e. The summed E-state index contributed by atoms with van der Waals surface area (Å²) in [6.07, 6.45) is 13.1. The van der Waals surface area contributed by atoms with Crippen molar-refractivity contribution in [3.8, 4) is 0 Å². The summed E-state index contributed by atoms with van der Waals surface area (Å²) in [7, 11) is 0. The molecule has 0 unspecified atom stereocenters. The molecule has 0 amide bonds. The predicted molar refractivity (Wildman–Crippen MR) is 61.1 cm³/mol. The molecular weight excluding hydrogens is 170 g/mol. The number of unbranched alkanes of at least 4 members (excludes halogenated alkanes) is 1.